The van der Waals surface area contributed by atoms with Crippen LogP contribution in [0.25, 0.3) is 0 Å². The number of nitro groups is 1. The summed E-state index contributed by atoms with van der Waals surface area (Å²) in [7, 11) is 0. The van der Waals surface area contributed by atoms with Crippen LogP contribution in [0.2, 0.25) is 0 Å². The second-order valence-electron chi connectivity index (χ2n) is 4.77. The average Bonchev–Trinajstić information content (AvgIpc) is 2.93. The van der Waals surface area contributed by atoms with Gasteiger partial charge in [-0.3, -0.25) is 0 Å². The lowest BCUT2D eigenvalue weighted by Gasteiger charge is -2.09. The molecule has 1 unspecified atom stereocenters. The van der Waals surface area contributed by atoms with E-state index in [0.29, 0.717) is 11.1 Å². The molecule has 0 aromatic heterocycles. The standard InChI is InChI=1S/C12H24N4O3S/c1-20-12(15-16(17)18)14-7-4-2-3-6-13-9-11-5-8-19-10-11/h11,13H,2-10H2,1H3,(H,14,15). The molecule has 0 radical (unpaired) electrons. The van der Waals surface area contributed by atoms with Gasteiger partial charge in [0.15, 0.2) is 5.03 Å². The number of amidine groups is 1. The number of hydrazone groups is 1. The third-order valence-corrected chi connectivity index (χ3v) is 3.74. The molecule has 0 aliphatic carbocycles. The molecule has 7 nitrogen and oxygen atoms in total. The Kier molecular flexibility index (Phi) is 9.35. The van der Waals surface area contributed by atoms with E-state index in [1.807, 2.05) is 0 Å². The first-order valence-corrected chi connectivity index (χ1v) is 8.24. The minimum absolute atomic E-state index is 0.370. The number of rotatable bonds is 9. The SMILES string of the molecule is CSC(=N[N+](=O)[O-])NCCCCCNCC1CCOC1. The van der Waals surface area contributed by atoms with Gasteiger partial charge in [0.25, 0.3) is 0 Å². The molecular formula is C12H24N4O3S. The third kappa shape index (κ3) is 8.34. The number of ether oxygens (including phenoxy) is 1. The molecule has 0 amide bonds. The highest BCUT2D eigenvalue weighted by Crippen LogP contribution is 2.10. The Hall–Kier alpha value is -0.860. The fourth-order valence-corrected chi connectivity index (χ4v) is 2.41. The molecule has 1 fully saturated rings. The van der Waals surface area contributed by atoms with E-state index in [1.165, 1.54) is 18.2 Å². The molecule has 2 N–H and O–H groups in total. The summed E-state index contributed by atoms with van der Waals surface area (Å²) in [6, 6.07) is 0. The minimum Gasteiger partial charge on any atom is -0.381 e. The Morgan fingerprint density at radius 2 is 2.25 bits per heavy atom. The molecule has 1 rings (SSSR count). The van der Waals surface area contributed by atoms with Crippen LogP contribution in [-0.2, 0) is 4.74 Å². The number of hydrogen-bond donors (Lipinski definition) is 2. The molecule has 1 atom stereocenters. The summed E-state index contributed by atoms with van der Waals surface area (Å²) in [4.78, 5) is 10.2. The van der Waals surface area contributed by atoms with Crippen LogP contribution in [0.15, 0.2) is 5.10 Å². The lowest BCUT2D eigenvalue weighted by Crippen LogP contribution is -2.25. The van der Waals surface area contributed by atoms with E-state index in [1.54, 1.807) is 6.26 Å². The molecule has 1 aliphatic rings. The fraction of sp³-hybridized carbons (Fsp3) is 0.917. The van der Waals surface area contributed by atoms with Crippen molar-refractivity contribution in [1.29, 1.82) is 0 Å². The van der Waals surface area contributed by atoms with Crippen LogP contribution in [0.1, 0.15) is 25.7 Å². The van der Waals surface area contributed by atoms with Crippen LogP contribution in [0, 0.1) is 16.0 Å². The fourth-order valence-electron chi connectivity index (χ4n) is 2.02. The Bertz CT molecular complexity index is 309. The largest absolute Gasteiger partial charge is 0.381 e. The monoisotopic (exact) mass is 304 g/mol. The van der Waals surface area contributed by atoms with Gasteiger partial charge in [-0.15, -0.1) is 0 Å². The smallest absolute Gasteiger partial charge is 0.234 e. The molecule has 0 aromatic carbocycles. The normalized spacial score (nSPS) is 19.2. The molecular weight excluding hydrogens is 280 g/mol. The molecule has 116 valence electrons. The average molecular weight is 304 g/mol. The summed E-state index contributed by atoms with van der Waals surface area (Å²) in [5.41, 5.74) is 0. The molecule has 20 heavy (non-hydrogen) atoms. The van der Waals surface area contributed by atoms with Crippen molar-refractivity contribution >= 4 is 16.9 Å². The molecule has 0 aromatic rings. The zero-order valence-corrected chi connectivity index (χ0v) is 12.8. The van der Waals surface area contributed by atoms with Gasteiger partial charge in [0.2, 0.25) is 5.17 Å². The van der Waals surface area contributed by atoms with Gasteiger partial charge < -0.3 is 15.4 Å². The predicted molar refractivity (Wildman–Crippen MR) is 81.6 cm³/mol. The third-order valence-electron chi connectivity index (χ3n) is 3.13. The van der Waals surface area contributed by atoms with Crippen LogP contribution >= 0.6 is 11.8 Å². The molecule has 8 heteroatoms. The molecule has 0 saturated carbocycles. The summed E-state index contributed by atoms with van der Waals surface area (Å²) in [6.45, 7) is 4.59. The molecule has 1 saturated heterocycles. The summed E-state index contributed by atoms with van der Waals surface area (Å²) < 4.78 is 5.32. The summed E-state index contributed by atoms with van der Waals surface area (Å²) in [5, 5.41) is 19.6. The zero-order chi connectivity index (χ0) is 14.6. The summed E-state index contributed by atoms with van der Waals surface area (Å²) >= 11 is 1.26. The van der Waals surface area contributed by atoms with Crippen molar-refractivity contribution in [3.05, 3.63) is 10.1 Å². The molecule has 0 bridgehead atoms. The second kappa shape index (κ2) is 10.9. The number of nitrogens with one attached hydrogen (secondary N) is 2. The van der Waals surface area contributed by atoms with Crippen LogP contribution in [0.5, 0.6) is 0 Å². The van der Waals surface area contributed by atoms with Crippen molar-refractivity contribution in [2.75, 3.05) is 39.1 Å². The zero-order valence-electron chi connectivity index (χ0n) is 12.0. The van der Waals surface area contributed by atoms with Crippen LogP contribution in [0.3, 0.4) is 0 Å². The molecule has 0 spiro atoms. The number of thioether (sulfide) groups is 1. The van der Waals surface area contributed by atoms with E-state index in [-0.39, 0.29) is 0 Å². The van der Waals surface area contributed by atoms with Crippen molar-refractivity contribution in [1.82, 2.24) is 10.6 Å². The second-order valence-corrected chi connectivity index (χ2v) is 5.56. The van der Waals surface area contributed by atoms with Gasteiger partial charge in [0.1, 0.15) is 0 Å². The van der Waals surface area contributed by atoms with E-state index in [4.69, 9.17) is 4.74 Å². The predicted octanol–water partition coefficient (Wildman–Crippen LogP) is 1.28. The Morgan fingerprint density at radius 1 is 1.45 bits per heavy atom. The Labute approximate surface area is 124 Å². The Balaban J connectivity index is 1.90. The van der Waals surface area contributed by atoms with E-state index in [2.05, 4.69) is 15.7 Å². The van der Waals surface area contributed by atoms with Crippen molar-refractivity contribution in [2.24, 2.45) is 11.0 Å². The minimum atomic E-state index is -0.671. The first kappa shape index (κ1) is 17.2. The van der Waals surface area contributed by atoms with Crippen molar-refractivity contribution in [3.63, 3.8) is 0 Å². The van der Waals surface area contributed by atoms with Crippen molar-refractivity contribution < 1.29 is 9.77 Å². The molecule has 1 aliphatic heterocycles. The van der Waals surface area contributed by atoms with Gasteiger partial charge in [-0.2, -0.15) is 0 Å². The van der Waals surface area contributed by atoms with Crippen LogP contribution in [-0.4, -0.2) is 49.3 Å². The highest BCUT2D eigenvalue weighted by Gasteiger charge is 2.14. The van der Waals surface area contributed by atoms with E-state index < -0.39 is 5.03 Å². The van der Waals surface area contributed by atoms with E-state index >= 15 is 0 Å². The van der Waals surface area contributed by atoms with Crippen molar-refractivity contribution in [2.45, 2.75) is 25.7 Å². The van der Waals surface area contributed by atoms with Gasteiger partial charge >= 0.3 is 0 Å². The van der Waals surface area contributed by atoms with E-state index in [9.17, 15) is 10.1 Å². The maximum Gasteiger partial charge on any atom is 0.234 e. The quantitative estimate of drug-likeness (QED) is 0.219. The maximum absolute atomic E-state index is 10.2. The highest BCUT2D eigenvalue weighted by molar-refractivity contribution is 8.13. The highest BCUT2D eigenvalue weighted by atomic mass is 32.2. The lowest BCUT2D eigenvalue weighted by atomic mass is 10.1. The van der Waals surface area contributed by atoms with Gasteiger partial charge in [-0.05, 0) is 38.0 Å². The summed E-state index contributed by atoms with van der Waals surface area (Å²) in [5.74, 6) is 0.680. The van der Waals surface area contributed by atoms with Crippen LogP contribution < -0.4 is 10.6 Å². The Morgan fingerprint density at radius 3 is 2.90 bits per heavy atom. The maximum atomic E-state index is 10.2. The number of unbranched alkanes of at least 4 members (excludes halogenated alkanes) is 2. The van der Waals surface area contributed by atoms with Gasteiger partial charge in [-0.1, -0.05) is 18.2 Å². The van der Waals surface area contributed by atoms with E-state index in [0.717, 1.165) is 52.1 Å². The van der Waals surface area contributed by atoms with Gasteiger partial charge in [0, 0.05) is 19.7 Å². The number of hydrogen-bond acceptors (Lipinski definition) is 5. The van der Waals surface area contributed by atoms with Gasteiger partial charge in [-0.25, -0.2) is 10.1 Å². The first-order chi connectivity index (χ1) is 9.72. The first-order valence-electron chi connectivity index (χ1n) is 7.01. The topological polar surface area (TPSA) is 88.8 Å². The van der Waals surface area contributed by atoms with Gasteiger partial charge in [0.05, 0.1) is 11.7 Å². The molecule has 1 heterocycles. The van der Waals surface area contributed by atoms with Crippen LogP contribution in [0.4, 0.5) is 0 Å². The summed E-state index contributed by atoms with van der Waals surface area (Å²) in [6.07, 6.45) is 6.15. The number of nitrogens with zero attached hydrogens (tertiary/aromatic N) is 2. The lowest BCUT2D eigenvalue weighted by molar-refractivity contribution is -0.484. The van der Waals surface area contributed by atoms with Crippen molar-refractivity contribution in [3.8, 4) is 0 Å².